The summed E-state index contributed by atoms with van der Waals surface area (Å²) in [5.74, 6) is 0.806. The van der Waals surface area contributed by atoms with Crippen molar-refractivity contribution in [2.45, 2.75) is 31.4 Å². The van der Waals surface area contributed by atoms with Crippen LogP contribution in [0.15, 0.2) is 30.3 Å². The summed E-state index contributed by atoms with van der Waals surface area (Å²) < 4.78 is 5.61. The number of aliphatic hydroxyl groups is 1. The van der Waals surface area contributed by atoms with Gasteiger partial charge in [-0.15, -0.1) is 0 Å². The summed E-state index contributed by atoms with van der Waals surface area (Å²) in [6.07, 6.45) is 2.83. The van der Waals surface area contributed by atoms with Crippen LogP contribution < -0.4 is 5.73 Å². The number of nitrogens with zero attached hydrogens (tertiary/aromatic N) is 1. The Morgan fingerprint density at radius 3 is 2.71 bits per heavy atom. The summed E-state index contributed by atoms with van der Waals surface area (Å²) in [5.41, 5.74) is 7.26. The number of rotatable bonds is 10. The van der Waals surface area contributed by atoms with Crippen LogP contribution in [0.1, 0.15) is 18.4 Å². The van der Waals surface area contributed by atoms with Crippen LogP contribution in [-0.2, 0) is 11.2 Å². The van der Waals surface area contributed by atoms with Gasteiger partial charge in [-0.25, -0.2) is 0 Å². The molecule has 0 amide bonds. The second-order valence-corrected chi connectivity index (χ2v) is 6.20. The molecule has 0 aliphatic heterocycles. The predicted octanol–water partition coefficient (Wildman–Crippen LogP) is 1.28. The molecule has 118 valence electrons. The van der Waals surface area contributed by atoms with Gasteiger partial charge in [-0.05, 0) is 37.8 Å². The highest BCUT2D eigenvalue weighted by atomic mass is 16.5. The molecule has 1 aromatic carbocycles. The Hall–Kier alpha value is -0.940. The zero-order valence-corrected chi connectivity index (χ0v) is 12.9. The van der Waals surface area contributed by atoms with Gasteiger partial charge >= 0.3 is 0 Å². The van der Waals surface area contributed by atoms with E-state index >= 15 is 0 Å². The van der Waals surface area contributed by atoms with Crippen molar-refractivity contribution in [1.82, 2.24) is 4.90 Å². The maximum atomic E-state index is 10.2. The molecule has 4 nitrogen and oxygen atoms in total. The van der Waals surface area contributed by atoms with Gasteiger partial charge in [0.2, 0.25) is 0 Å². The number of hydrogen-bond donors (Lipinski definition) is 2. The van der Waals surface area contributed by atoms with Crippen molar-refractivity contribution in [3.63, 3.8) is 0 Å². The first-order valence-corrected chi connectivity index (χ1v) is 7.89. The number of ether oxygens (including phenoxy) is 1. The zero-order valence-electron chi connectivity index (χ0n) is 12.9. The Labute approximate surface area is 127 Å². The lowest BCUT2D eigenvalue weighted by Crippen LogP contribution is -2.44. The first-order valence-electron chi connectivity index (χ1n) is 7.89. The average Bonchev–Trinajstić information content (AvgIpc) is 3.29. The van der Waals surface area contributed by atoms with Gasteiger partial charge in [-0.2, -0.15) is 0 Å². The van der Waals surface area contributed by atoms with Gasteiger partial charge < -0.3 is 20.5 Å². The Morgan fingerprint density at radius 1 is 1.33 bits per heavy atom. The van der Waals surface area contributed by atoms with Gasteiger partial charge in [0.1, 0.15) is 0 Å². The van der Waals surface area contributed by atoms with Crippen molar-refractivity contribution < 1.29 is 9.84 Å². The summed E-state index contributed by atoms with van der Waals surface area (Å²) in [7, 11) is 2.00. The largest absolute Gasteiger partial charge is 0.390 e. The van der Waals surface area contributed by atoms with E-state index in [2.05, 4.69) is 4.90 Å². The van der Waals surface area contributed by atoms with Crippen LogP contribution in [-0.4, -0.2) is 55.5 Å². The summed E-state index contributed by atoms with van der Waals surface area (Å²) in [6.45, 7) is 3.04. The third kappa shape index (κ3) is 6.57. The van der Waals surface area contributed by atoms with Crippen LogP contribution in [0, 0.1) is 5.92 Å². The van der Waals surface area contributed by atoms with Gasteiger partial charge in [0, 0.05) is 25.7 Å². The van der Waals surface area contributed by atoms with E-state index in [1.165, 1.54) is 18.4 Å². The second-order valence-electron chi connectivity index (χ2n) is 6.20. The molecule has 0 aromatic heterocycles. The molecule has 0 radical (unpaired) electrons. The fourth-order valence-electron chi connectivity index (χ4n) is 2.32. The first-order chi connectivity index (χ1) is 10.1. The second kappa shape index (κ2) is 8.49. The zero-order chi connectivity index (χ0) is 15.1. The summed E-state index contributed by atoms with van der Waals surface area (Å²) in [6, 6.07) is 9.84. The van der Waals surface area contributed by atoms with Crippen molar-refractivity contribution >= 4 is 0 Å². The highest BCUT2D eigenvalue weighted by molar-refractivity contribution is 5.16. The van der Waals surface area contributed by atoms with Gasteiger partial charge in [-0.3, -0.25) is 0 Å². The fourth-order valence-corrected chi connectivity index (χ4v) is 2.32. The molecule has 2 atom stereocenters. The van der Waals surface area contributed by atoms with E-state index in [0.717, 1.165) is 25.7 Å². The third-order valence-corrected chi connectivity index (χ3v) is 3.98. The van der Waals surface area contributed by atoms with Crippen LogP contribution >= 0.6 is 0 Å². The molecule has 1 saturated carbocycles. The molecule has 1 aromatic rings. The van der Waals surface area contributed by atoms with Crippen LogP contribution in [0.25, 0.3) is 0 Å². The van der Waals surface area contributed by atoms with E-state index in [1.54, 1.807) is 0 Å². The van der Waals surface area contributed by atoms with Crippen LogP contribution in [0.4, 0.5) is 0 Å². The molecule has 0 heterocycles. The van der Waals surface area contributed by atoms with Crippen LogP contribution in [0.5, 0.6) is 0 Å². The lowest BCUT2D eigenvalue weighted by molar-refractivity contribution is 0.0701. The number of likely N-dealkylation sites (N-methyl/N-ethyl adjacent to an activating group) is 1. The normalized spacial score (nSPS) is 17.9. The smallest absolute Gasteiger partial charge is 0.0820 e. The minimum absolute atomic E-state index is 0.234. The quantitative estimate of drug-likeness (QED) is 0.638. The lowest BCUT2D eigenvalue weighted by Gasteiger charge is -2.24. The van der Waals surface area contributed by atoms with Crippen molar-refractivity contribution in [3.8, 4) is 0 Å². The maximum Gasteiger partial charge on any atom is 0.0820 e. The standard InChI is InChI=1S/C17H28N2O2/c1-19(9-10-21-13-15-7-8-15)12-17(20)16(18)11-14-5-3-2-4-6-14/h2-6,15-17,20H,7-13,18H2,1H3. The monoisotopic (exact) mass is 292 g/mol. The van der Waals surface area contributed by atoms with E-state index in [0.29, 0.717) is 13.0 Å². The number of aliphatic hydroxyl groups excluding tert-OH is 1. The Balaban J connectivity index is 1.60. The third-order valence-electron chi connectivity index (χ3n) is 3.98. The van der Waals surface area contributed by atoms with E-state index in [1.807, 2.05) is 37.4 Å². The summed E-state index contributed by atoms with van der Waals surface area (Å²) in [4.78, 5) is 2.09. The van der Waals surface area contributed by atoms with Gasteiger partial charge in [0.05, 0.1) is 12.7 Å². The Morgan fingerprint density at radius 2 is 2.05 bits per heavy atom. The lowest BCUT2D eigenvalue weighted by atomic mass is 10.0. The molecule has 1 fully saturated rings. The topological polar surface area (TPSA) is 58.7 Å². The van der Waals surface area contributed by atoms with E-state index in [-0.39, 0.29) is 6.04 Å². The molecule has 3 N–H and O–H groups in total. The molecule has 2 unspecified atom stereocenters. The number of nitrogens with two attached hydrogens (primary N) is 1. The molecule has 0 bridgehead atoms. The Bertz CT molecular complexity index is 395. The minimum Gasteiger partial charge on any atom is -0.390 e. The van der Waals surface area contributed by atoms with E-state index in [9.17, 15) is 5.11 Å². The molecule has 0 saturated heterocycles. The average molecular weight is 292 g/mol. The number of hydrogen-bond acceptors (Lipinski definition) is 4. The van der Waals surface area contributed by atoms with Crippen LogP contribution in [0.3, 0.4) is 0 Å². The van der Waals surface area contributed by atoms with Gasteiger partial charge in [0.25, 0.3) is 0 Å². The SMILES string of the molecule is CN(CCOCC1CC1)CC(O)C(N)Cc1ccccc1. The van der Waals surface area contributed by atoms with E-state index in [4.69, 9.17) is 10.5 Å². The van der Waals surface area contributed by atoms with Crippen molar-refractivity contribution in [1.29, 1.82) is 0 Å². The highest BCUT2D eigenvalue weighted by Gasteiger charge is 2.21. The summed E-state index contributed by atoms with van der Waals surface area (Å²) >= 11 is 0. The number of benzene rings is 1. The molecule has 21 heavy (non-hydrogen) atoms. The molecule has 0 spiro atoms. The minimum atomic E-state index is -0.515. The Kier molecular flexibility index (Phi) is 6.64. The molecule has 2 rings (SSSR count). The molecular weight excluding hydrogens is 264 g/mol. The maximum absolute atomic E-state index is 10.2. The molecule has 1 aliphatic carbocycles. The fraction of sp³-hybridized carbons (Fsp3) is 0.647. The van der Waals surface area contributed by atoms with Gasteiger partial charge in [-0.1, -0.05) is 30.3 Å². The first kappa shape index (κ1) is 16.4. The molecule has 4 heteroatoms. The van der Waals surface area contributed by atoms with Crippen molar-refractivity contribution in [3.05, 3.63) is 35.9 Å². The molecule has 1 aliphatic rings. The van der Waals surface area contributed by atoms with Crippen molar-refractivity contribution in [2.24, 2.45) is 11.7 Å². The summed E-state index contributed by atoms with van der Waals surface area (Å²) in [5, 5.41) is 10.2. The van der Waals surface area contributed by atoms with Gasteiger partial charge in [0.15, 0.2) is 0 Å². The van der Waals surface area contributed by atoms with Crippen molar-refractivity contribution in [2.75, 3.05) is 33.4 Å². The molecular formula is C17H28N2O2. The highest BCUT2D eigenvalue weighted by Crippen LogP contribution is 2.28. The van der Waals surface area contributed by atoms with Crippen LogP contribution in [0.2, 0.25) is 0 Å². The van der Waals surface area contributed by atoms with E-state index < -0.39 is 6.10 Å². The predicted molar refractivity (Wildman–Crippen MR) is 85.2 cm³/mol.